The summed E-state index contributed by atoms with van der Waals surface area (Å²) in [5.74, 6) is 0.164. The number of aromatic nitrogens is 2. The summed E-state index contributed by atoms with van der Waals surface area (Å²) >= 11 is 0. The van der Waals surface area contributed by atoms with Crippen molar-refractivity contribution in [2.24, 2.45) is 0 Å². The van der Waals surface area contributed by atoms with Gasteiger partial charge < -0.3 is 14.4 Å². The number of carbonyl (C=O) groups excluding carboxylic acids is 1. The van der Waals surface area contributed by atoms with Crippen LogP contribution in [-0.4, -0.2) is 46.5 Å². The minimum absolute atomic E-state index is 0.128. The average molecular weight is 401 g/mol. The minimum Gasteiger partial charge on any atom is -0.494 e. The molecule has 3 rings (SSSR count). The Hall–Kier alpha value is -2.70. The lowest BCUT2D eigenvalue weighted by Gasteiger charge is -2.33. The first-order valence-electron chi connectivity index (χ1n) is 9.95. The number of nitrogens with zero attached hydrogens (tertiary/aromatic N) is 3. The number of rotatable bonds is 4. The van der Waals surface area contributed by atoms with E-state index in [9.17, 15) is 9.18 Å². The number of piperidine rings is 1. The summed E-state index contributed by atoms with van der Waals surface area (Å²) in [6.45, 7) is 12.8. The summed E-state index contributed by atoms with van der Waals surface area (Å²) < 4.78 is 25.5. The van der Waals surface area contributed by atoms with Crippen molar-refractivity contribution in [1.29, 1.82) is 0 Å². The van der Waals surface area contributed by atoms with Crippen LogP contribution in [0.25, 0.3) is 16.7 Å². The number of likely N-dealkylation sites (tertiary alicyclic amines) is 1. The number of benzene rings is 1. The van der Waals surface area contributed by atoms with E-state index in [0.717, 1.165) is 18.5 Å². The predicted molar refractivity (Wildman–Crippen MR) is 110 cm³/mol. The van der Waals surface area contributed by atoms with Gasteiger partial charge in [-0.3, -0.25) is 0 Å². The van der Waals surface area contributed by atoms with Gasteiger partial charge in [0.1, 0.15) is 17.2 Å². The van der Waals surface area contributed by atoms with Crippen LogP contribution in [0.15, 0.2) is 24.8 Å². The maximum absolute atomic E-state index is 14.7. The van der Waals surface area contributed by atoms with Crippen molar-refractivity contribution in [2.75, 3.05) is 19.7 Å². The molecule has 1 aliphatic rings. The van der Waals surface area contributed by atoms with E-state index >= 15 is 0 Å². The second kappa shape index (κ2) is 8.35. The second-order valence-corrected chi connectivity index (χ2v) is 8.26. The minimum atomic E-state index is -0.512. The second-order valence-electron chi connectivity index (χ2n) is 8.26. The highest BCUT2D eigenvalue weighted by atomic mass is 19.1. The summed E-state index contributed by atoms with van der Waals surface area (Å²) in [7, 11) is 0. The van der Waals surface area contributed by atoms with Crippen LogP contribution in [0, 0.1) is 5.82 Å². The molecule has 0 unspecified atom stereocenters. The van der Waals surface area contributed by atoms with Gasteiger partial charge >= 0.3 is 6.09 Å². The molecule has 0 atom stereocenters. The molecule has 1 amide bonds. The highest BCUT2D eigenvalue weighted by Gasteiger charge is 2.28. The van der Waals surface area contributed by atoms with Crippen LogP contribution in [0.3, 0.4) is 0 Å². The van der Waals surface area contributed by atoms with Crippen molar-refractivity contribution in [1.82, 2.24) is 15.1 Å². The molecule has 1 aromatic carbocycles. The van der Waals surface area contributed by atoms with Crippen LogP contribution >= 0.6 is 0 Å². The van der Waals surface area contributed by atoms with Gasteiger partial charge in [0.25, 0.3) is 0 Å². The van der Waals surface area contributed by atoms with E-state index in [0.29, 0.717) is 41.9 Å². The summed E-state index contributed by atoms with van der Waals surface area (Å²) in [5.41, 5.74) is 1.26. The van der Waals surface area contributed by atoms with E-state index in [4.69, 9.17) is 9.47 Å². The van der Waals surface area contributed by atoms with Crippen molar-refractivity contribution >= 4 is 22.8 Å². The molecular formula is C22H28FN3O3. The van der Waals surface area contributed by atoms with Crippen molar-refractivity contribution in [2.45, 2.75) is 52.1 Å². The third kappa shape index (κ3) is 5.02. The number of hydrogen-bond acceptors (Lipinski definition) is 5. The maximum Gasteiger partial charge on any atom is 0.410 e. The summed E-state index contributed by atoms with van der Waals surface area (Å²) in [4.78, 5) is 13.9. The Balaban J connectivity index is 1.73. The van der Waals surface area contributed by atoms with Crippen LogP contribution in [-0.2, 0) is 9.47 Å². The molecule has 1 saturated heterocycles. The van der Waals surface area contributed by atoms with Crippen LogP contribution < -0.4 is 0 Å². The molecule has 0 spiro atoms. The van der Waals surface area contributed by atoms with Gasteiger partial charge in [-0.2, -0.15) is 10.2 Å². The third-order valence-corrected chi connectivity index (χ3v) is 4.88. The Bertz CT molecular complexity index is 915. The van der Waals surface area contributed by atoms with Gasteiger partial charge in [-0.05, 0) is 58.7 Å². The zero-order chi connectivity index (χ0) is 21.2. The molecule has 29 heavy (non-hydrogen) atoms. The highest BCUT2D eigenvalue weighted by molar-refractivity contribution is 5.82. The molecular weight excluding hydrogens is 373 g/mol. The van der Waals surface area contributed by atoms with Gasteiger partial charge in [-0.15, -0.1) is 0 Å². The average Bonchev–Trinajstić information content (AvgIpc) is 2.66. The molecule has 1 aromatic heterocycles. The highest BCUT2D eigenvalue weighted by Crippen LogP contribution is 2.30. The molecule has 0 radical (unpaired) electrons. The lowest BCUT2D eigenvalue weighted by Crippen LogP contribution is -2.41. The Labute approximate surface area is 170 Å². The molecule has 0 saturated carbocycles. The van der Waals surface area contributed by atoms with Crippen molar-refractivity contribution in [3.8, 4) is 0 Å². The Morgan fingerprint density at radius 1 is 1.24 bits per heavy atom. The first-order valence-corrected chi connectivity index (χ1v) is 9.95. The van der Waals surface area contributed by atoms with Crippen LogP contribution in [0.4, 0.5) is 9.18 Å². The first kappa shape index (κ1) is 21.0. The SMILES string of the molecule is C=C(OCC)c1cc(F)c2cc(C3CCN(C(=O)OC(C)(C)C)CC3)nnc2c1. The van der Waals surface area contributed by atoms with Gasteiger partial charge in [0.05, 0.1) is 17.8 Å². The summed E-state index contributed by atoms with van der Waals surface area (Å²) in [5, 5.41) is 8.98. The topological polar surface area (TPSA) is 64.5 Å². The van der Waals surface area contributed by atoms with Crippen LogP contribution in [0.2, 0.25) is 0 Å². The fourth-order valence-electron chi connectivity index (χ4n) is 3.42. The first-order chi connectivity index (χ1) is 13.7. The van der Waals surface area contributed by atoms with Gasteiger partial charge in [0.15, 0.2) is 0 Å². The van der Waals surface area contributed by atoms with Crippen LogP contribution in [0.1, 0.15) is 57.7 Å². The lowest BCUT2D eigenvalue weighted by atomic mass is 9.92. The molecule has 0 bridgehead atoms. The summed E-state index contributed by atoms with van der Waals surface area (Å²) in [6, 6.07) is 4.91. The van der Waals surface area contributed by atoms with Gasteiger partial charge in [-0.1, -0.05) is 6.58 Å². The smallest absolute Gasteiger partial charge is 0.410 e. The number of hydrogen-bond donors (Lipinski definition) is 0. The normalized spacial score (nSPS) is 15.4. The van der Waals surface area contributed by atoms with E-state index in [2.05, 4.69) is 16.8 Å². The van der Waals surface area contributed by atoms with E-state index in [-0.39, 0.29) is 17.8 Å². The maximum atomic E-state index is 14.7. The number of fused-ring (bicyclic) bond motifs is 1. The van der Waals surface area contributed by atoms with Crippen molar-refractivity contribution in [3.05, 3.63) is 41.9 Å². The molecule has 0 aliphatic carbocycles. The van der Waals surface area contributed by atoms with Gasteiger partial charge in [0, 0.05) is 30.0 Å². The largest absolute Gasteiger partial charge is 0.494 e. The molecule has 156 valence electrons. The van der Waals surface area contributed by atoms with Crippen LogP contribution in [0.5, 0.6) is 0 Å². The van der Waals surface area contributed by atoms with Gasteiger partial charge in [-0.25, -0.2) is 9.18 Å². The van der Waals surface area contributed by atoms with Crippen molar-refractivity contribution in [3.63, 3.8) is 0 Å². The standard InChI is InChI=1S/C22H28FN3O3/c1-6-28-14(2)16-11-18(23)17-13-19(24-25-20(17)12-16)15-7-9-26(10-8-15)21(27)29-22(3,4)5/h11-13,15H,2,6-10H2,1,3-5H3. The fraction of sp³-hybridized carbons (Fsp3) is 0.500. The molecule has 0 N–H and O–H groups in total. The molecule has 2 aromatic rings. The Morgan fingerprint density at radius 3 is 2.55 bits per heavy atom. The van der Waals surface area contributed by atoms with E-state index in [1.54, 1.807) is 17.0 Å². The monoisotopic (exact) mass is 401 g/mol. The Morgan fingerprint density at radius 2 is 1.93 bits per heavy atom. The molecule has 1 aliphatic heterocycles. The van der Waals surface area contributed by atoms with E-state index < -0.39 is 5.60 Å². The summed E-state index contributed by atoms with van der Waals surface area (Å²) in [6.07, 6.45) is 1.18. The molecule has 2 heterocycles. The fourth-order valence-corrected chi connectivity index (χ4v) is 3.42. The van der Waals surface area contributed by atoms with Crippen molar-refractivity contribution < 1.29 is 18.7 Å². The number of carbonyl (C=O) groups is 1. The molecule has 6 nitrogen and oxygen atoms in total. The predicted octanol–water partition coefficient (Wildman–Crippen LogP) is 4.89. The number of amides is 1. The zero-order valence-corrected chi connectivity index (χ0v) is 17.5. The van der Waals surface area contributed by atoms with E-state index in [1.807, 2.05) is 27.7 Å². The molecule has 7 heteroatoms. The Kier molecular flexibility index (Phi) is 6.05. The quantitative estimate of drug-likeness (QED) is 0.683. The number of halogens is 1. The number of ether oxygens (including phenoxy) is 2. The van der Waals surface area contributed by atoms with E-state index in [1.165, 1.54) is 6.07 Å². The lowest BCUT2D eigenvalue weighted by molar-refractivity contribution is 0.0204. The van der Waals surface area contributed by atoms with Gasteiger partial charge in [0.2, 0.25) is 0 Å². The third-order valence-electron chi connectivity index (χ3n) is 4.88. The molecule has 1 fully saturated rings. The zero-order valence-electron chi connectivity index (χ0n) is 17.5.